The van der Waals surface area contributed by atoms with Crippen LogP contribution in [0.4, 0.5) is 0 Å². The van der Waals surface area contributed by atoms with Crippen LogP contribution in [0.25, 0.3) is 0 Å². The van der Waals surface area contributed by atoms with Gasteiger partial charge >= 0.3 is 0 Å². The van der Waals surface area contributed by atoms with E-state index in [1.807, 2.05) is 30.3 Å². The number of para-hydroxylation sites is 1. The smallest absolute Gasteiger partial charge is 0.244 e. The van der Waals surface area contributed by atoms with Gasteiger partial charge in [-0.1, -0.05) is 31.5 Å². The minimum absolute atomic E-state index is 0.665. The highest BCUT2D eigenvalue weighted by atomic mass is 31.2. The Morgan fingerprint density at radius 1 is 1.29 bits per heavy atom. The Morgan fingerprint density at radius 3 is 2.50 bits per heavy atom. The molecule has 0 spiro atoms. The first-order chi connectivity index (χ1) is 6.64. The first-order valence-electron chi connectivity index (χ1n) is 4.95. The van der Waals surface area contributed by atoms with Crippen LogP contribution in [0.1, 0.15) is 19.8 Å². The van der Waals surface area contributed by atoms with E-state index < -0.39 is 7.37 Å². The molecule has 0 fully saturated rings. The van der Waals surface area contributed by atoms with Gasteiger partial charge in [0, 0.05) is 12.8 Å². The molecule has 0 bridgehead atoms. The zero-order valence-corrected chi connectivity index (χ0v) is 9.67. The van der Waals surface area contributed by atoms with Crippen molar-refractivity contribution in [2.45, 2.75) is 19.8 Å². The van der Waals surface area contributed by atoms with Gasteiger partial charge in [0.25, 0.3) is 0 Å². The molecule has 0 aromatic heterocycles. The van der Waals surface area contributed by atoms with E-state index in [1.165, 1.54) is 0 Å². The number of hydrogen-bond acceptors (Lipinski definition) is 2. The molecule has 0 aliphatic rings. The molecule has 78 valence electrons. The normalized spacial score (nSPS) is 14.7. The molecule has 1 rings (SSSR count). The Hall–Kier alpha value is -0.750. The van der Waals surface area contributed by atoms with E-state index in [2.05, 4.69) is 6.92 Å². The largest absolute Gasteiger partial charge is 0.443 e. The van der Waals surface area contributed by atoms with E-state index in [-0.39, 0.29) is 0 Å². The fourth-order valence-corrected chi connectivity index (χ4v) is 2.74. The Bertz CT molecular complexity index is 308. The van der Waals surface area contributed by atoms with E-state index in [9.17, 15) is 4.57 Å². The van der Waals surface area contributed by atoms with Crippen molar-refractivity contribution in [1.82, 2.24) is 0 Å². The van der Waals surface area contributed by atoms with Crippen molar-refractivity contribution in [2.24, 2.45) is 0 Å². The predicted molar refractivity (Wildman–Crippen MR) is 60.4 cm³/mol. The molecule has 0 N–H and O–H groups in total. The predicted octanol–water partition coefficient (Wildman–Crippen LogP) is 3.77. The third-order valence-electron chi connectivity index (χ3n) is 1.96. The second kappa shape index (κ2) is 5.21. The summed E-state index contributed by atoms with van der Waals surface area (Å²) < 4.78 is 17.4. The number of hydrogen-bond donors (Lipinski definition) is 0. The highest BCUT2D eigenvalue weighted by Gasteiger charge is 2.15. The average Bonchev–Trinajstić information content (AvgIpc) is 2.16. The maximum absolute atomic E-state index is 11.9. The minimum Gasteiger partial charge on any atom is -0.443 e. The fourth-order valence-electron chi connectivity index (χ4n) is 1.20. The van der Waals surface area contributed by atoms with Gasteiger partial charge in [-0.05, 0) is 18.6 Å². The molecule has 1 unspecified atom stereocenters. The van der Waals surface area contributed by atoms with Crippen molar-refractivity contribution < 1.29 is 9.09 Å². The zero-order valence-electron chi connectivity index (χ0n) is 8.77. The molecule has 14 heavy (non-hydrogen) atoms. The first-order valence-corrected chi connectivity index (χ1v) is 7.21. The monoisotopic (exact) mass is 212 g/mol. The van der Waals surface area contributed by atoms with E-state index >= 15 is 0 Å². The summed E-state index contributed by atoms with van der Waals surface area (Å²) >= 11 is 0. The van der Waals surface area contributed by atoms with Crippen LogP contribution in [-0.2, 0) is 4.57 Å². The lowest BCUT2D eigenvalue weighted by Gasteiger charge is -2.14. The number of rotatable bonds is 5. The molecule has 3 heteroatoms. The summed E-state index contributed by atoms with van der Waals surface area (Å²) in [6, 6.07) is 9.36. The topological polar surface area (TPSA) is 26.3 Å². The lowest BCUT2D eigenvalue weighted by atomic mass is 10.3. The Morgan fingerprint density at radius 2 is 1.93 bits per heavy atom. The van der Waals surface area contributed by atoms with Gasteiger partial charge in [0.15, 0.2) is 0 Å². The summed E-state index contributed by atoms with van der Waals surface area (Å²) in [6.45, 7) is 3.79. The summed E-state index contributed by atoms with van der Waals surface area (Å²) in [6.07, 6.45) is 2.68. The molecule has 0 heterocycles. The second-order valence-corrected chi connectivity index (χ2v) is 6.15. The fraction of sp³-hybridized carbons (Fsp3) is 0.455. The summed E-state index contributed by atoms with van der Waals surface area (Å²) in [5, 5.41) is 0. The minimum atomic E-state index is -2.43. The maximum atomic E-state index is 11.9. The van der Waals surface area contributed by atoms with Crippen molar-refractivity contribution in [3.63, 3.8) is 0 Å². The molecule has 1 aromatic carbocycles. The van der Waals surface area contributed by atoms with Crippen molar-refractivity contribution in [3.8, 4) is 5.75 Å². The van der Waals surface area contributed by atoms with Crippen LogP contribution in [0.15, 0.2) is 30.3 Å². The molecule has 0 saturated carbocycles. The summed E-state index contributed by atoms with van der Waals surface area (Å²) in [4.78, 5) is 0. The molecular formula is C11H17O2P. The van der Waals surface area contributed by atoms with E-state index in [4.69, 9.17) is 4.52 Å². The van der Waals surface area contributed by atoms with Crippen LogP contribution in [0.5, 0.6) is 5.75 Å². The Balaban J connectivity index is 2.55. The highest BCUT2D eigenvalue weighted by Crippen LogP contribution is 2.43. The Labute approximate surface area is 85.7 Å². The number of benzene rings is 1. The zero-order chi connectivity index (χ0) is 10.4. The third-order valence-corrected chi connectivity index (χ3v) is 3.69. The van der Waals surface area contributed by atoms with E-state index in [0.717, 1.165) is 12.8 Å². The van der Waals surface area contributed by atoms with Crippen LogP contribution in [0.3, 0.4) is 0 Å². The SMILES string of the molecule is CCCCP(C)(=O)Oc1ccccc1. The van der Waals surface area contributed by atoms with Crippen LogP contribution in [0, 0.1) is 0 Å². The van der Waals surface area contributed by atoms with E-state index in [0.29, 0.717) is 11.9 Å². The van der Waals surface area contributed by atoms with Gasteiger partial charge in [-0.25, -0.2) is 0 Å². The van der Waals surface area contributed by atoms with Gasteiger partial charge in [-0.15, -0.1) is 0 Å². The van der Waals surface area contributed by atoms with Gasteiger partial charge in [0.1, 0.15) is 5.75 Å². The molecule has 0 aliphatic carbocycles. The average molecular weight is 212 g/mol. The molecule has 0 amide bonds. The molecule has 0 saturated heterocycles. The van der Waals surface area contributed by atoms with E-state index in [1.54, 1.807) is 6.66 Å². The molecule has 0 aliphatic heterocycles. The van der Waals surface area contributed by atoms with Crippen LogP contribution >= 0.6 is 7.37 Å². The van der Waals surface area contributed by atoms with Crippen molar-refractivity contribution in [3.05, 3.63) is 30.3 Å². The standard InChI is InChI=1S/C11H17O2P/c1-3-4-10-14(2,12)13-11-8-6-5-7-9-11/h5-9H,3-4,10H2,1-2H3. The lowest BCUT2D eigenvalue weighted by molar-refractivity contribution is 0.485. The van der Waals surface area contributed by atoms with Gasteiger partial charge in [-0.3, -0.25) is 4.57 Å². The lowest BCUT2D eigenvalue weighted by Crippen LogP contribution is -1.96. The van der Waals surface area contributed by atoms with Gasteiger partial charge in [-0.2, -0.15) is 0 Å². The maximum Gasteiger partial charge on any atom is 0.244 e. The molecular weight excluding hydrogens is 195 g/mol. The molecule has 1 atom stereocenters. The third kappa shape index (κ3) is 3.97. The van der Waals surface area contributed by atoms with Crippen molar-refractivity contribution in [1.29, 1.82) is 0 Å². The van der Waals surface area contributed by atoms with Crippen LogP contribution in [-0.4, -0.2) is 12.8 Å². The summed E-state index contributed by atoms with van der Waals surface area (Å²) in [5.41, 5.74) is 0. The van der Waals surface area contributed by atoms with Crippen LogP contribution < -0.4 is 4.52 Å². The van der Waals surface area contributed by atoms with Crippen molar-refractivity contribution in [2.75, 3.05) is 12.8 Å². The summed E-state index contributed by atoms with van der Waals surface area (Å²) in [7, 11) is -2.43. The quantitative estimate of drug-likeness (QED) is 0.694. The first kappa shape index (κ1) is 11.3. The van der Waals surface area contributed by atoms with Crippen LogP contribution in [0.2, 0.25) is 0 Å². The van der Waals surface area contributed by atoms with Gasteiger partial charge in [0.2, 0.25) is 7.37 Å². The van der Waals surface area contributed by atoms with Crippen molar-refractivity contribution >= 4 is 7.37 Å². The second-order valence-electron chi connectivity index (χ2n) is 3.50. The van der Waals surface area contributed by atoms with Gasteiger partial charge in [0.05, 0.1) is 0 Å². The van der Waals surface area contributed by atoms with Gasteiger partial charge < -0.3 is 4.52 Å². The molecule has 0 radical (unpaired) electrons. The molecule has 2 nitrogen and oxygen atoms in total. The Kier molecular flexibility index (Phi) is 4.21. The number of unbranched alkanes of at least 4 members (excludes halogenated alkanes) is 1. The summed E-state index contributed by atoms with van der Waals surface area (Å²) in [5.74, 6) is 0.703. The molecule has 1 aromatic rings. The highest BCUT2D eigenvalue weighted by molar-refractivity contribution is 7.58.